The largest absolute Gasteiger partial charge is 0.550 e. The number of carboxylic acids is 2. The molecule has 0 fully saturated rings. The van der Waals surface area contributed by atoms with Crippen LogP contribution in [-0.4, -0.2) is 24.0 Å². The van der Waals surface area contributed by atoms with Crippen LogP contribution < -0.4 is 10.2 Å². The minimum atomic E-state index is -1.77. The zero-order valence-electron chi connectivity index (χ0n) is 14.7. The summed E-state index contributed by atoms with van der Waals surface area (Å²) in [5, 5.41) is 21.0. The van der Waals surface area contributed by atoms with Crippen molar-refractivity contribution in [3.8, 4) is 0 Å². The van der Waals surface area contributed by atoms with Crippen molar-refractivity contribution in [2.75, 3.05) is 0 Å². The molecule has 0 saturated heterocycles. The standard InChI is InChI=1S/C18H32O6/c1-2-3-4-5-6-7-8-9-10-11-12-13-17(21)24-15(18(22)23)14-16(19)20/h15H,2-14H2,1H3,(H,19,20)(H,22,23)/p-2. The molecule has 0 heterocycles. The van der Waals surface area contributed by atoms with Crippen LogP contribution in [0.15, 0.2) is 0 Å². The van der Waals surface area contributed by atoms with Crippen molar-refractivity contribution in [1.29, 1.82) is 0 Å². The molecule has 6 heteroatoms. The summed E-state index contributed by atoms with van der Waals surface area (Å²) >= 11 is 0. The smallest absolute Gasteiger partial charge is 0.306 e. The summed E-state index contributed by atoms with van der Waals surface area (Å²) in [6.45, 7) is 2.21. The normalized spacial score (nSPS) is 11.9. The molecule has 1 atom stereocenters. The van der Waals surface area contributed by atoms with Crippen LogP contribution in [0.3, 0.4) is 0 Å². The Balaban J connectivity index is 3.54. The van der Waals surface area contributed by atoms with Crippen molar-refractivity contribution in [3.05, 3.63) is 0 Å². The van der Waals surface area contributed by atoms with Gasteiger partial charge in [-0.2, -0.15) is 0 Å². The molecule has 1 unspecified atom stereocenters. The zero-order chi connectivity index (χ0) is 18.2. The summed E-state index contributed by atoms with van der Waals surface area (Å²) < 4.78 is 4.59. The molecular formula is C18H30O6-2. The van der Waals surface area contributed by atoms with Crippen molar-refractivity contribution >= 4 is 17.9 Å². The van der Waals surface area contributed by atoms with Crippen LogP contribution in [0.4, 0.5) is 0 Å². The van der Waals surface area contributed by atoms with E-state index < -0.39 is 30.4 Å². The molecule has 0 N–H and O–H groups in total. The summed E-state index contributed by atoms with van der Waals surface area (Å²) in [4.78, 5) is 32.5. The third-order valence-corrected chi connectivity index (χ3v) is 3.87. The SMILES string of the molecule is CCCCCCCCCCCCCC(=O)OC(CC(=O)[O-])C(=O)[O-]. The lowest BCUT2D eigenvalue weighted by atomic mass is 10.1. The summed E-state index contributed by atoms with van der Waals surface area (Å²) in [5.74, 6) is -4.01. The van der Waals surface area contributed by atoms with Gasteiger partial charge < -0.3 is 24.5 Å². The van der Waals surface area contributed by atoms with Gasteiger partial charge in [0.1, 0.15) is 6.10 Å². The maximum absolute atomic E-state index is 11.5. The highest BCUT2D eigenvalue weighted by molar-refractivity contribution is 5.81. The average molecular weight is 342 g/mol. The molecule has 140 valence electrons. The molecular weight excluding hydrogens is 312 g/mol. The fourth-order valence-electron chi connectivity index (χ4n) is 2.48. The van der Waals surface area contributed by atoms with E-state index in [1.165, 1.54) is 44.9 Å². The van der Waals surface area contributed by atoms with Crippen LogP contribution in [0.1, 0.15) is 90.4 Å². The molecule has 0 rings (SSSR count). The van der Waals surface area contributed by atoms with Crippen LogP contribution in [-0.2, 0) is 19.1 Å². The van der Waals surface area contributed by atoms with E-state index in [0.717, 1.165) is 19.3 Å². The van der Waals surface area contributed by atoms with Crippen LogP contribution in [0.25, 0.3) is 0 Å². The predicted octanol–water partition coefficient (Wildman–Crippen LogP) is 1.49. The number of ether oxygens (including phenoxy) is 1. The molecule has 0 spiro atoms. The molecule has 0 aliphatic rings. The Morgan fingerprint density at radius 3 is 1.67 bits per heavy atom. The Kier molecular flexibility index (Phi) is 14.0. The maximum Gasteiger partial charge on any atom is 0.306 e. The number of aliphatic carboxylic acids is 2. The minimum absolute atomic E-state index is 0.0911. The van der Waals surface area contributed by atoms with Crippen molar-refractivity contribution < 1.29 is 29.3 Å². The van der Waals surface area contributed by atoms with E-state index in [1.807, 2.05) is 0 Å². The van der Waals surface area contributed by atoms with Crippen LogP contribution in [0.2, 0.25) is 0 Å². The number of esters is 1. The summed E-state index contributed by atoms with van der Waals surface area (Å²) in [6, 6.07) is 0. The fourth-order valence-corrected chi connectivity index (χ4v) is 2.48. The first-order chi connectivity index (χ1) is 11.5. The van der Waals surface area contributed by atoms with E-state index in [0.29, 0.717) is 6.42 Å². The molecule has 0 aromatic heterocycles. The second-order valence-corrected chi connectivity index (χ2v) is 6.16. The topological polar surface area (TPSA) is 107 Å². The van der Waals surface area contributed by atoms with Gasteiger partial charge in [-0.1, -0.05) is 71.1 Å². The van der Waals surface area contributed by atoms with Gasteiger partial charge in [0.25, 0.3) is 0 Å². The molecule has 0 amide bonds. The highest BCUT2D eigenvalue weighted by Crippen LogP contribution is 2.12. The Hall–Kier alpha value is -1.59. The summed E-state index contributed by atoms with van der Waals surface area (Å²) in [5.41, 5.74) is 0. The first-order valence-corrected chi connectivity index (χ1v) is 9.07. The van der Waals surface area contributed by atoms with E-state index in [4.69, 9.17) is 0 Å². The third-order valence-electron chi connectivity index (χ3n) is 3.87. The number of carbonyl (C=O) groups is 3. The Bertz CT molecular complexity index is 367. The number of carbonyl (C=O) groups excluding carboxylic acids is 3. The lowest BCUT2D eigenvalue weighted by Crippen LogP contribution is -2.42. The second kappa shape index (κ2) is 15.0. The highest BCUT2D eigenvalue weighted by Gasteiger charge is 2.15. The van der Waals surface area contributed by atoms with Gasteiger partial charge in [-0.3, -0.25) is 4.79 Å². The number of carboxylic acid groups (broad SMARTS) is 2. The summed E-state index contributed by atoms with van der Waals surface area (Å²) in [7, 11) is 0. The monoisotopic (exact) mass is 342 g/mol. The first-order valence-electron chi connectivity index (χ1n) is 9.07. The molecule has 24 heavy (non-hydrogen) atoms. The van der Waals surface area contributed by atoms with Crippen LogP contribution >= 0.6 is 0 Å². The summed E-state index contributed by atoms with van der Waals surface area (Å²) in [6.07, 6.45) is 10.1. The highest BCUT2D eigenvalue weighted by atomic mass is 16.6. The molecule has 0 aliphatic heterocycles. The van der Waals surface area contributed by atoms with Crippen molar-refractivity contribution in [2.45, 2.75) is 96.5 Å². The van der Waals surface area contributed by atoms with E-state index >= 15 is 0 Å². The molecule has 0 aromatic carbocycles. The van der Waals surface area contributed by atoms with Crippen LogP contribution in [0, 0.1) is 0 Å². The fraction of sp³-hybridized carbons (Fsp3) is 0.833. The lowest BCUT2D eigenvalue weighted by Gasteiger charge is -2.19. The van der Waals surface area contributed by atoms with Crippen LogP contribution in [0.5, 0.6) is 0 Å². The van der Waals surface area contributed by atoms with E-state index in [9.17, 15) is 24.6 Å². The predicted molar refractivity (Wildman–Crippen MR) is 85.6 cm³/mol. The Morgan fingerprint density at radius 1 is 0.792 bits per heavy atom. The zero-order valence-corrected chi connectivity index (χ0v) is 14.7. The van der Waals surface area contributed by atoms with Gasteiger partial charge in [0, 0.05) is 18.8 Å². The van der Waals surface area contributed by atoms with Gasteiger partial charge in [0.2, 0.25) is 0 Å². The third kappa shape index (κ3) is 14.0. The quantitative estimate of drug-likeness (QED) is 0.311. The number of unbranched alkanes of at least 4 members (excludes halogenated alkanes) is 10. The van der Waals surface area contributed by atoms with E-state index in [2.05, 4.69) is 11.7 Å². The number of hydrogen-bond donors (Lipinski definition) is 0. The van der Waals surface area contributed by atoms with Gasteiger partial charge in [0.05, 0.1) is 5.97 Å². The van der Waals surface area contributed by atoms with Gasteiger partial charge in [-0.15, -0.1) is 0 Å². The molecule has 0 radical (unpaired) electrons. The van der Waals surface area contributed by atoms with E-state index in [1.54, 1.807) is 0 Å². The van der Waals surface area contributed by atoms with Crippen molar-refractivity contribution in [2.24, 2.45) is 0 Å². The van der Waals surface area contributed by atoms with Gasteiger partial charge >= 0.3 is 5.97 Å². The van der Waals surface area contributed by atoms with Gasteiger partial charge in [-0.25, -0.2) is 0 Å². The Labute approximate surface area is 144 Å². The number of rotatable bonds is 16. The lowest BCUT2D eigenvalue weighted by molar-refractivity contribution is -0.324. The number of hydrogen-bond acceptors (Lipinski definition) is 6. The van der Waals surface area contributed by atoms with Crippen molar-refractivity contribution in [3.63, 3.8) is 0 Å². The minimum Gasteiger partial charge on any atom is -0.550 e. The van der Waals surface area contributed by atoms with Gasteiger partial charge in [0.15, 0.2) is 0 Å². The maximum atomic E-state index is 11.5. The molecule has 0 aromatic rings. The molecule has 0 saturated carbocycles. The second-order valence-electron chi connectivity index (χ2n) is 6.16. The molecule has 0 bridgehead atoms. The molecule has 0 aliphatic carbocycles. The van der Waals surface area contributed by atoms with Gasteiger partial charge in [-0.05, 0) is 6.42 Å². The Morgan fingerprint density at radius 2 is 1.25 bits per heavy atom. The molecule has 6 nitrogen and oxygen atoms in total. The van der Waals surface area contributed by atoms with E-state index in [-0.39, 0.29) is 6.42 Å². The average Bonchev–Trinajstić information content (AvgIpc) is 2.51. The van der Waals surface area contributed by atoms with Crippen molar-refractivity contribution in [1.82, 2.24) is 0 Å². The first kappa shape index (κ1) is 22.4.